The largest absolute Gasteiger partial charge is 0.378 e. The van der Waals surface area contributed by atoms with Crippen molar-refractivity contribution in [3.8, 4) is 0 Å². The molecular weight excluding hydrogens is 392 g/mol. The minimum atomic E-state index is -0.482. The number of aromatic nitrogens is 2. The van der Waals surface area contributed by atoms with Crippen molar-refractivity contribution in [1.29, 1.82) is 0 Å². The summed E-state index contributed by atoms with van der Waals surface area (Å²) >= 11 is 0. The lowest BCUT2D eigenvalue weighted by Crippen LogP contribution is -2.49. The van der Waals surface area contributed by atoms with Gasteiger partial charge in [-0.1, -0.05) is 38.3 Å². The summed E-state index contributed by atoms with van der Waals surface area (Å²) in [5, 5.41) is 9.82. The zero-order valence-electron chi connectivity index (χ0n) is 18.9. The Hall–Kier alpha value is -2.29. The molecule has 1 aromatic heterocycles. The lowest BCUT2D eigenvalue weighted by atomic mass is 9.94. The van der Waals surface area contributed by atoms with Gasteiger partial charge in [-0.15, -0.1) is 0 Å². The van der Waals surface area contributed by atoms with Gasteiger partial charge in [0, 0.05) is 25.7 Å². The van der Waals surface area contributed by atoms with Gasteiger partial charge in [-0.2, -0.15) is 0 Å². The van der Waals surface area contributed by atoms with Crippen LogP contribution in [0.25, 0.3) is 11.0 Å². The van der Waals surface area contributed by atoms with E-state index in [1.807, 2.05) is 24.3 Å². The summed E-state index contributed by atoms with van der Waals surface area (Å²) in [4.78, 5) is 21.9. The molecule has 2 aromatic rings. The summed E-state index contributed by atoms with van der Waals surface area (Å²) in [6.07, 6.45) is 6.75. The molecule has 5 N–H and O–H groups in total. The maximum absolute atomic E-state index is 12.7. The fraction of sp³-hybridized carbons (Fsp3) is 0.609. The zero-order valence-corrected chi connectivity index (χ0v) is 18.9. The highest BCUT2D eigenvalue weighted by molar-refractivity contribution is 5.99. The highest BCUT2D eigenvalue weighted by atomic mass is 16.5. The fourth-order valence-electron chi connectivity index (χ4n) is 4.20. The summed E-state index contributed by atoms with van der Waals surface area (Å²) < 4.78 is 5.83. The highest BCUT2D eigenvalue weighted by Gasteiger charge is 2.25. The number of nitrogens with two attached hydrogens (primary N) is 1. The number of nitrogens with one attached hydrogen (secondary N) is 3. The molecule has 170 valence electrons. The van der Waals surface area contributed by atoms with Crippen LogP contribution in [0.15, 0.2) is 24.3 Å². The molecule has 1 aliphatic rings. The molecule has 1 heterocycles. The predicted molar refractivity (Wildman–Crippen MR) is 124 cm³/mol. The molecule has 3 atom stereocenters. The third-order valence-corrected chi connectivity index (χ3v) is 5.86. The number of carbonyl (C=O) groups excluding carboxylic acids is 1. The molecule has 3 rings (SSSR count). The minimum absolute atomic E-state index is 0.0652. The van der Waals surface area contributed by atoms with Crippen molar-refractivity contribution < 1.29 is 9.53 Å². The number of carbonyl (C=O) groups is 1. The van der Waals surface area contributed by atoms with Gasteiger partial charge in [0.1, 0.15) is 0 Å². The molecule has 0 bridgehead atoms. The van der Waals surface area contributed by atoms with E-state index in [-0.39, 0.29) is 23.7 Å². The summed E-state index contributed by atoms with van der Waals surface area (Å²) in [7, 11) is 1.73. The zero-order chi connectivity index (χ0) is 22.2. The second-order valence-corrected chi connectivity index (χ2v) is 8.34. The molecule has 31 heavy (non-hydrogen) atoms. The Balaban J connectivity index is 1.77. The minimum Gasteiger partial charge on any atom is -0.378 e. The van der Waals surface area contributed by atoms with Crippen molar-refractivity contribution in [2.24, 2.45) is 5.73 Å². The van der Waals surface area contributed by atoms with Crippen molar-refractivity contribution in [1.82, 2.24) is 20.6 Å². The average molecular weight is 429 g/mol. The number of rotatable bonds is 10. The van der Waals surface area contributed by atoms with E-state index in [1.54, 1.807) is 14.0 Å². The van der Waals surface area contributed by atoms with Gasteiger partial charge in [-0.3, -0.25) is 4.79 Å². The lowest BCUT2D eigenvalue weighted by Gasteiger charge is -2.32. The molecule has 8 heteroatoms. The van der Waals surface area contributed by atoms with Gasteiger partial charge < -0.3 is 26.4 Å². The first-order chi connectivity index (χ1) is 15.0. The number of para-hydroxylation sites is 2. The smallest absolute Gasteiger partial charge is 0.274 e. The second-order valence-electron chi connectivity index (χ2n) is 8.34. The summed E-state index contributed by atoms with van der Waals surface area (Å²) in [5.41, 5.74) is 7.38. The van der Waals surface area contributed by atoms with Gasteiger partial charge in [0.15, 0.2) is 11.5 Å². The quantitative estimate of drug-likeness (QED) is 0.430. The van der Waals surface area contributed by atoms with Crippen LogP contribution in [0, 0.1) is 0 Å². The van der Waals surface area contributed by atoms with Crippen LogP contribution in [0.1, 0.15) is 62.9 Å². The SMILES string of the molecule is CCC(NC1CCCCC1)C(CNc1nc2ccccc2nc1C(=O)NC(C)N)OC. The molecule has 0 saturated heterocycles. The molecule has 8 nitrogen and oxygen atoms in total. The summed E-state index contributed by atoms with van der Waals surface area (Å²) in [6.45, 7) is 4.40. The summed E-state index contributed by atoms with van der Waals surface area (Å²) in [5.74, 6) is 0.0866. The number of ether oxygens (including phenoxy) is 1. The van der Waals surface area contributed by atoms with E-state index >= 15 is 0 Å². The van der Waals surface area contributed by atoms with Crippen LogP contribution in [-0.2, 0) is 4.74 Å². The Kier molecular flexibility index (Phi) is 8.57. The lowest BCUT2D eigenvalue weighted by molar-refractivity contribution is 0.0698. The molecule has 1 aromatic carbocycles. The van der Waals surface area contributed by atoms with Crippen LogP contribution in [-0.4, -0.2) is 53.9 Å². The Bertz CT molecular complexity index is 853. The molecule has 0 aliphatic heterocycles. The molecule has 1 fully saturated rings. The number of nitrogens with zero attached hydrogens (tertiary/aromatic N) is 2. The number of benzene rings is 1. The van der Waals surface area contributed by atoms with Gasteiger partial charge in [0.2, 0.25) is 0 Å². The molecule has 3 unspecified atom stereocenters. The van der Waals surface area contributed by atoms with E-state index in [4.69, 9.17) is 10.5 Å². The van der Waals surface area contributed by atoms with E-state index in [2.05, 4.69) is 32.8 Å². The first-order valence-electron chi connectivity index (χ1n) is 11.4. The Morgan fingerprint density at radius 1 is 1.19 bits per heavy atom. The van der Waals surface area contributed by atoms with Crippen molar-refractivity contribution in [3.63, 3.8) is 0 Å². The highest BCUT2D eigenvalue weighted by Crippen LogP contribution is 2.20. The van der Waals surface area contributed by atoms with Crippen molar-refractivity contribution in [3.05, 3.63) is 30.0 Å². The van der Waals surface area contributed by atoms with Crippen molar-refractivity contribution >= 4 is 22.8 Å². The van der Waals surface area contributed by atoms with E-state index in [0.717, 1.165) is 11.9 Å². The first kappa shape index (κ1) is 23.4. The Morgan fingerprint density at radius 3 is 2.48 bits per heavy atom. The van der Waals surface area contributed by atoms with E-state index < -0.39 is 6.17 Å². The summed E-state index contributed by atoms with van der Waals surface area (Å²) in [6, 6.07) is 8.27. The third kappa shape index (κ3) is 6.35. The number of methoxy groups -OCH3 is 1. The normalized spacial score (nSPS) is 17.8. The van der Waals surface area contributed by atoms with Crippen LogP contribution in [0.5, 0.6) is 0 Å². The van der Waals surface area contributed by atoms with Gasteiger partial charge in [0.25, 0.3) is 5.91 Å². The maximum atomic E-state index is 12.7. The van der Waals surface area contributed by atoms with E-state index in [9.17, 15) is 4.79 Å². The number of hydrogen-bond acceptors (Lipinski definition) is 7. The van der Waals surface area contributed by atoms with Crippen LogP contribution < -0.4 is 21.7 Å². The Labute approximate surface area is 184 Å². The molecule has 1 saturated carbocycles. The fourth-order valence-corrected chi connectivity index (χ4v) is 4.20. The van der Waals surface area contributed by atoms with E-state index in [0.29, 0.717) is 23.9 Å². The van der Waals surface area contributed by atoms with E-state index in [1.165, 1.54) is 32.1 Å². The van der Waals surface area contributed by atoms with Gasteiger partial charge in [-0.05, 0) is 38.3 Å². The average Bonchev–Trinajstić information content (AvgIpc) is 2.78. The number of anilines is 1. The molecule has 1 aliphatic carbocycles. The maximum Gasteiger partial charge on any atom is 0.274 e. The van der Waals surface area contributed by atoms with Crippen LogP contribution >= 0.6 is 0 Å². The molecule has 0 spiro atoms. The van der Waals surface area contributed by atoms with Crippen molar-refractivity contribution in [2.45, 2.75) is 76.7 Å². The number of hydrogen-bond donors (Lipinski definition) is 4. The van der Waals surface area contributed by atoms with Crippen LogP contribution in [0.2, 0.25) is 0 Å². The van der Waals surface area contributed by atoms with Crippen molar-refractivity contribution in [2.75, 3.05) is 19.0 Å². The van der Waals surface area contributed by atoms with Gasteiger partial charge in [0.05, 0.1) is 23.3 Å². The van der Waals surface area contributed by atoms with Crippen LogP contribution in [0.4, 0.5) is 5.82 Å². The standard InChI is InChI=1S/C23H36N6O2/c1-4-17(27-16-10-6-5-7-11-16)20(31-3)14-25-22-21(23(30)26-15(2)24)28-18-12-8-9-13-19(18)29-22/h8-9,12-13,15-17,20,27H,4-7,10-11,14,24H2,1-3H3,(H,25,29)(H,26,30). The number of amides is 1. The monoisotopic (exact) mass is 428 g/mol. The van der Waals surface area contributed by atoms with Crippen LogP contribution in [0.3, 0.4) is 0 Å². The molecule has 0 radical (unpaired) electrons. The second kappa shape index (κ2) is 11.4. The Morgan fingerprint density at radius 2 is 1.87 bits per heavy atom. The topological polar surface area (TPSA) is 114 Å². The number of fused-ring (bicyclic) bond motifs is 1. The first-order valence-corrected chi connectivity index (χ1v) is 11.4. The predicted octanol–water partition coefficient (Wildman–Crippen LogP) is 2.79. The molecular formula is C23H36N6O2. The third-order valence-electron chi connectivity index (χ3n) is 5.86. The van der Waals surface area contributed by atoms with Gasteiger partial charge in [-0.25, -0.2) is 9.97 Å². The molecule has 1 amide bonds. The van der Waals surface area contributed by atoms with Gasteiger partial charge >= 0.3 is 0 Å².